The monoisotopic (exact) mass is 429 g/mol. The van der Waals surface area contributed by atoms with Crippen molar-refractivity contribution in [3.05, 3.63) is 100 Å². The molecule has 162 valence electrons. The number of benzene rings is 2. The summed E-state index contributed by atoms with van der Waals surface area (Å²) in [4.78, 5) is 22.0. The van der Waals surface area contributed by atoms with Crippen LogP contribution in [-0.2, 0) is 13.5 Å². The number of nitrogens with zero attached hydrogens (tertiary/aromatic N) is 3. The van der Waals surface area contributed by atoms with Crippen LogP contribution in [0.1, 0.15) is 23.7 Å². The van der Waals surface area contributed by atoms with Crippen molar-refractivity contribution in [1.29, 1.82) is 0 Å². The smallest absolute Gasteiger partial charge is 0.263 e. The maximum Gasteiger partial charge on any atom is 0.263 e. The van der Waals surface area contributed by atoms with E-state index in [-0.39, 0.29) is 23.4 Å². The number of rotatable bonds is 6. The molecule has 4 N–H and O–H groups in total. The van der Waals surface area contributed by atoms with Gasteiger partial charge in [0, 0.05) is 30.5 Å². The van der Waals surface area contributed by atoms with Crippen LogP contribution in [0.3, 0.4) is 0 Å². The summed E-state index contributed by atoms with van der Waals surface area (Å²) in [6.45, 7) is 0. The Balaban J connectivity index is 1.70. The lowest BCUT2D eigenvalue weighted by molar-refractivity contribution is 0.628. The van der Waals surface area contributed by atoms with Gasteiger partial charge in [-0.25, -0.2) is 9.37 Å². The molecule has 4 aromatic rings. The van der Waals surface area contributed by atoms with Gasteiger partial charge in [-0.05, 0) is 48.2 Å². The molecular weight excluding hydrogens is 405 g/mol. The molecule has 1 atom stereocenters. The molecule has 2 aromatic carbocycles. The number of nitrogen functional groups attached to an aromatic ring is 1. The maximum absolute atomic E-state index is 13.5. The van der Waals surface area contributed by atoms with Crippen LogP contribution >= 0.6 is 0 Å². The Morgan fingerprint density at radius 1 is 1.03 bits per heavy atom. The number of aromatic nitrogens is 3. The van der Waals surface area contributed by atoms with E-state index >= 15 is 0 Å². The van der Waals surface area contributed by atoms with E-state index in [1.807, 2.05) is 36.4 Å². The number of hydrogen-bond donors (Lipinski definition) is 2. The molecule has 0 saturated heterocycles. The minimum absolute atomic E-state index is 0.0975. The van der Waals surface area contributed by atoms with Crippen LogP contribution < -0.4 is 17.0 Å². The highest BCUT2D eigenvalue weighted by Crippen LogP contribution is 2.29. The van der Waals surface area contributed by atoms with Gasteiger partial charge in [-0.15, -0.1) is 0 Å². The standard InChI is InChI=1S/C25H24FN5O/c1-31-24(32)22(17-7-9-19(26)10-8-17)23(30-25(31)28)18-13-14-29-20(15-18)11-12-21(27)16-5-3-2-4-6-16/h2-10,13-15,21H,11-12,27H2,1H3,(H2,28,30)/t21-/m1/s1. The van der Waals surface area contributed by atoms with Gasteiger partial charge in [-0.1, -0.05) is 42.5 Å². The van der Waals surface area contributed by atoms with Crippen LogP contribution in [0.4, 0.5) is 10.3 Å². The molecule has 32 heavy (non-hydrogen) atoms. The number of anilines is 1. The second-order valence-corrected chi connectivity index (χ2v) is 7.66. The molecule has 0 aliphatic heterocycles. The van der Waals surface area contributed by atoms with Gasteiger partial charge in [0.15, 0.2) is 0 Å². The second kappa shape index (κ2) is 9.11. The van der Waals surface area contributed by atoms with E-state index in [4.69, 9.17) is 11.5 Å². The molecule has 0 radical (unpaired) electrons. The molecule has 0 fully saturated rings. The molecule has 2 heterocycles. The first-order chi connectivity index (χ1) is 15.4. The molecule has 0 aliphatic rings. The Labute approximate surface area is 185 Å². The van der Waals surface area contributed by atoms with Crippen LogP contribution in [0.2, 0.25) is 0 Å². The number of aryl methyl sites for hydroxylation is 1. The van der Waals surface area contributed by atoms with E-state index in [2.05, 4.69) is 9.97 Å². The third-order valence-electron chi connectivity index (χ3n) is 5.49. The molecule has 0 spiro atoms. The maximum atomic E-state index is 13.5. The fraction of sp³-hybridized carbons (Fsp3) is 0.160. The molecule has 2 aromatic heterocycles. The Morgan fingerprint density at radius 3 is 2.47 bits per heavy atom. The molecular formula is C25H24FN5O. The summed E-state index contributed by atoms with van der Waals surface area (Å²) in [6.07, 6.45) is 3.07. The van der Waals surface area contributed by atoms with Gasteiger partial charge in [-0.2, -0.15) is 0 Å². The van der Waals surface area contributed by atoms with Crippen molar-refractivity contribution in [2.45, 2.75) is 18.9 Å². The van der Waals surface area contributed by atoms with Crippen LogP contribution in [0.5, 0.6) is 0 Å². The summed E-state index contributed by atoms with van der Waals surface area (Å²) in [5.74, 6) is -0.281. The average Bonchev–Trinajstić information content (AvgIpc) is 2.82. The molecule has 4 rings (SSSR count). The summed E-state index contributed by atoms with van der Waals surface area (Å²) in [6, 6.07) is 19.3. The quantitative estimate of drug-likeness (QED) is 0.485. The Bertz CT molecular complexity index is 1290. The zero-order valence-electron chi connectivity index (χ0n) is 17.7. The van der Waals surface area contributed by atoms with E-state index < -0.39 is 0 Å². The summed E-state index contributed by atoms with van der Waals surface area (Å²) in [7, 11) is 1.56. The van der Waals surface area contributed by atoms with Crippen molar-refractivity contribution in [2.24, 2.45) is 12.8 Å². The van der Waals surface area contributed by atoms with E-state index in [1.165, 1.54) is 16.7 Å². The van der Waals surface area contributed by atoms with Crippen molar-refractivity contribution in [1.82, 2.24) is 14.5 Å². The van der Waals surface area contributed by atoms with E-state index in [1.54, 1.807) is 31.4 Å². The average molecular weight is 429 g/mol. The Morgan fingerprint density at radius 2 is 1.75 bits per heavy atom. The fourth-order valence-electron chi connectivity index (χ4n) is 3.64. The zero-order valence-corrected chi connectivity index (χ0v) is 17.7. The molecule has 0 bridgehead atoms. The lowest BCUT2D eigenvalue weighted by Crippen LogP contribution is -2.24. The zero-order chi connectivity index (χ0) is 22.7. The predicted molar refractivity (Wildman–Crippen MR) is 124 cm³/mol. The van der Waals surface area contributed by atoms with Gasteiger partial charge < -0.3 is 11.5 Å². The van der Waals surface area contributed by atoms with Crippen molar-refractivity contribution in [3.63, 3.8) is 0 Å². The lowest BCUT2D eigenvalue weighted by atomic mass is 9.98. The topological polar surface area (TPSA) is 99.8 Å². The number of pyridine rings is 1. The van der Waals surface area contributed by atoms with Gasteiger partial charge >= 0.3 is 0 Å². The lowest BCUT2D eigenvalue weighted by Gasteiger charge is -2.14. The van der Waals surface area contributed by atoms with Crippen molar-refractivity contribution >= 4 is 5.95 Å². The first-order valence-electron chi connectivity index (χ1n) is 10.3. The Kier molecular flexibility index (Phi) is 6.09. The van der Waals surface area contributed by atoms with Crippen LogP contribution in [0.25, 0.3) is 22.4 Å². The molecule has 7 heteroatoms. The number of nitrogens with two attached hydrogens (primary N) is 2. The fourth-order valence-corrected chi connectivity index (χ4v) is 3.64. The summed E-state index contributed by atoms with van der Waals surface area (Å²) < 4.78 is 14.7. The highest BCUT2D eigenvalue weighted by Gasteiger charge is 2.18. The highest BCUT2D eigenvalue weighted by atomic mass is 19.1. The largest absolute Gasteiger partial charge is 0.369 e. The molecule has 6 nitrogen and oxygen atoms in total. The van der Waals surface area contributed by atoms with E-state index in [9.17, 15) is 9.18 Å². The molecule has 0 saturated carbocycles. The van der Waals surface area contributed by atoms with Crippen LogP contribution in [-0.4, -0.2) is 14.5 Å². The SMILES string of the molecule is Cn1c(N)nc(-c2ccnc(CC[C@@H](N)c3ccccc3)c2)c(-c2ccc(F)cc2)c1=O. The summed E-state index contributed by atoms with van der Waals surface area (Å²) in [5, 5.41) is 0. The van der Waals surface area contributed by atoms with Gasteiger partial charge in [0.25, 0.3) is 5.56 Å². The first-order valence-corrected chi connectivity index (χ1v) is 10.3. The summed E-state index contributed by atoms with van der Waals surface area (Å²) >= 11 is 0. The Hall–Kier alpha value is -3.84. The third-order valence-corrected chi connectivity index (χ3v) is 5.49. The normalized spacial score (nSPS) is 12.0. The molecule has 0 unspecified atom stereocenters. The van der Waals surface area contributed by atoms with Crippen molar-refractivity contribution in [3.8, 4) is 22.4 Å². The minimum atomic E-state index is -0.378. The van der Waals surface area contributed by atoms with Gasteiger partial charge in [0.1, 0.15) is 5.82 Å². The van der Waals surface area contributed by atoms with E-state index in [0.29, 0.717) is 28.8 Å². The predicted octanol–water partition coefficient (Wildman–Crippen LogP) is 3.86. The second-order valence-electron chi connectivity index (χ2n) is 7.66. The minimum Gasteiger partial charge on any atom is -0.369 e. The van der Waals surface area contributed by atoms with Crippen LogP contribution in [0, 0.1) is 5.82 Å². The molecule has 0 amide bonds. The van der Waals surface area contributed by atoms with Crippen molar-refractivity contribution < 1.29 is 4.39 Å². The number of halogens is 1. The summed E-state index contributed by atoms with van der Waals surface area (Å²) in [5.41, 5.74) is 16.0. The van der Waals surface area contributed by atoms with Crippen molar-refractivity contribution in [2.75, 3.05) is 5.73 Å². The van der Waals surface area contributed by atoms with Gasteiger partial charge in [0.05, 0.1) is 11.3 Å². The van der Waals surface area contributed by atoms with Crippen LogP contribution in [0.15, 0.2) is 77.7 Å². The third kappa shape index (κ3) is 4.43. The van der Waals surface area contributed by atoms with Gasteiger partial charge in [0.2, 0.25) is 5.95 Å². The number of hydrogen-bond acceptors (Lipinski definition) is 5. The van der Waals surface area contributed by atoms with Gasteiger partial charge in [-0.3, -0.25) is 14.3 Å². The van der Waals surface area contributed by atoms with E-state index in [0.717, 1.165) is 17.7 Å². The first kappa shape index (κ1) is 21.4. The highest BCUT2D eigenvalue weighted by molar-refractivity contribution is 5.80. The molecule has 0 aliphatic carbocycles.